The molecule has 0 saturated carbocycles. The smallest absolute Gasteiger partial charge is 0.547 e. The summed E-state index contributed by atoms with van der Waals surface area (Å²) in [5.41, 5.74) is 0. The Kier molecular flexibility index (Phi) is 22.2. The zero-order chi connectivity index (χ0) is 21.2. The van der Waals surface area contributed by atoms with Gasteiger partial charge in [0.05, 0.1) is 25.2 Å². The van der Waals surface area contributed by atoms with Gasteiger partial charge in [-0.15, -0.1) is 0 Å². The van der Waals surface area contributed by atoms with Gasteiger partial charge in [0.2, 0.25) is 0 Å². The van der Waals surface area contributed by atoms with Crippen molar-refractivity contribution in [2.24, 2.45) is 0 Å². The number of hydrogen-bond acceptors (Lipinski definition) is 14. The molecule has 0 saturated heterocycles. The second kappa shape index (κ2) is 17.6. The molecule has 0 aliphatic rings. The molecule has 0 rings (SSSR count). The number of carboxylic acid groups (broad SMARTS) is 2. The summed E-state index contributed by atoms with van der Waals surface area (Å²) in [5.74, 6) is -3.95. The maximum Gasteiger partial charge on any atom is 2.00 e. The van der Waals surface area contributed by atoms with Crippen molar-refractivity contribution in [3.8, 4) is 0 Å². The second-order valence-electron chi connectivity index (χ2n) is 4.99. The zero-order valence-electron chi connectivity index (χ0n) is 14.6. The maximum absolute atomic E-state index is 9.98. The van der Waals surface area contributed by atoms with Crippen molar-refractivity contribution >= 4 is 11.9 Å². The number of rotatable bonds is 10. The van der Waals surface area contributed by atoms with E-state index in [0.717, 1.165) is 0 Å². The summed E-state index contributed by atoms with van der Waals surface area (Å²) in [6.45, 7) is -1.73. The minimum atomic E-state index is -2.31. The molecule has 0 unspecified atom stereocenters. The van der Waals surface area contributed by atoms with Gasteiger partial charge in [-0.2, -0.15) is 0 Å². The van der Waals surface area contributed by atoms with Crippen LogP contribution in [0.3, 0.4) is 0 Å². The molecule has 8 atom stereocenters. The van der Waals surface area contributed by atoms with E-state index < -0.39 is 74.0 Å². The zero-order valence-corrected chi connectivity index (χ0v) is 20.5. The molecular weight excluding hydrogens is 499 g/mol. The topological polar surface area (TPSA) is 283 Å². The second-order valence-corrected chi connectivity index (χ2v) is 4.99. The van der Waals surface area contributed by atoms with Gasteiger partial charge in [-0.1, -0.05) is 0 Å². The van der Waals surface area contributed by atoms with Crippen LogP contribution in [0, 0.1) is 0 Å². The Balaban J connectivity index is -0.000000192. The van der Waals surface area contributed by atoms with Crippen molar-refractivity contribution in [2.45, 2.75) is 48.8 Å². The van der Waals surface area contributed by atoms with E-state index >= 15 is 0 Å². The van der Waals surface area contributed by atoms with Crippen LogP contribution in [-0.4, -0.2) is 125 Å². The summed E-state index contributed by atoms with van der Waals surface area (Å²) in [7, 11) is 0. The van der Waals surface area contributed by atoms with Gasteiger partial charge in [-0.25, -0.2) is 0 Å². The minimum absolute atomic E-state index is 0. The Hall–Kier alpha value is -0.213. The van der Waals surface area contributed by atoms with Crippen molar-refractivity contribution in [2.75, 3.05) is 13.2 Å². The van der Waals surface area contributed by atoms with Crippen LogP contribution in [0.15, 0.2) is 0 Å². The van der Waals surface area contributed by atoms with E-state index in [4.69, 9.17) is 51.1 Å². The molecule has 14 nitrogen and oxygen atoms in total. The van der Waals surface area contributed by atoms with Crippen molar-refractivity contribution in [3.05, 3.63) is 0 Å². The molecule has 0 aromatic heterocycles. The molecule has 0 radical (unpaired) electrons. The number of aliphatic hydroxyl groups excluding tert-OH is 10. The predicted octanol–water partition coefficient (Wildman–Crippen LogP) is -9.66. The summed E-state index contributed by atoms with van der Waals surface area (Å²) in [6.07, 6.45) is -16.2. The molecule has 0 heterocycles. The Labute approximate surface area is 183 Å². The van der Waals surface area contributed by atoms with Crippen molar-refractivity contribution in [1.82, 2.24) is 0 Å². The fraction of sp³-hybridized carbons (Fsp3) is 0.833. The number of hydrogen-bond donors (Lipinski definition) is 10. The molecule has 0 spiro atoms. The molecule has 158 valence electrons. The van der Waals surface area contributed by atoms with Crippen LogP contribution in [0.4, 0.5) is 0 Å². The van der Waals surface area contributed by atoms with Crippen molar-refractivity contribution in [3.63, 3.8) is 0 Å². The Morgan fingerprint density at radius 2 is 0.821 bits per heavy atom. The molecule has 28 heavy (non-hydrogen) atoms. The van der Waals surface area contributed by atoms with Crippen molar-refractivity contribution in [1.29, 1.82) is 0 Å². The summed E-state index contributed by atoms with van der Waals surface area (Å²) < 4.78 is 0. The number of carboxylic acids is 2. The van der Waals surface area contributed by atoms with Gasteiger partial charge in [-0.05, 0) is 0 Å². The quantitative estimate of drug-likeness (QED) is 0.120. The first-order valence-corrected chi connectivity index (χ1v) is 6.91. The monoisotopic (exact) mass is 518 g/mol. The third-order valence-corrected chi connectivity index (χ3v) is 2.99. The van der Waals surface area contributed by atoms with E-state index in [1.807, 2.05) is 0 Å². The molecule has 0 aliphatic heterocycles. The fourth-order valence-corrected chi connectivity index (χ4v) is 1.32. The first-order valence-electron chi connectivity index (χ1n) is 6.91. The van der Waals surface area contributed by atoms with Crippen LogP contribution < -0.4 is 10.2 Å². The van der Waals surface area contributed by atoms with E-state index in [2.05, 4.69) is 0 Å². The standard InChI is InChI=1S/2C6H12O7.2Zn/c2*7-1-2(8)3(9)4(10)5(11)6(12)13;;/h2*2-5,7-11H,1H2,(H,12,13);;/q;;;+2/p-2/t2*2-,3-,4+,5-;;/m11../s1. The Morgan fingerprint density at radius 3 is 0.964 bits per heavy atom. The molecule has 10 N–H and O–H groups in total. The summed E-state index contributed by atoms with van der Waals surface area (Å²) in [6, 6.07) is 0. The van der Waals surface area contributed by atoms with Gasteiger partial charge < -0.3 is 70.9 Å². The van der Waals surface area contributed by atoms with E-state index in [1.54, 1.807) is 0 Å². The number of aliphatic hydroxyl groups is 10. The molecular formula is C12H22O14Zn2. The summed E-state index contributed by atoms with van der Waals surface area (Å²) in [5, 5.41) is 107. The number of aliphatic carboxylic acids is 2. The third kappa shape index (κ3) is 12.4. The summed E-state index contributed by atoms with van der Waals surface area (Å²) >= 11 is 0. The molecule has 0 aromatic rings. The summed E-state index contributed by atoms with van der Waals surface area (Å²) in [4.78, 5) is 20.0. The molecule has 0 aliphatic carbocycles. The van der Waals surface area contributed by atoms with Gasteiger partial charge >= 0.3 is 19.5 Å². The Morgan fingerprint density at radius 1 is 0.607 bits per heavy atom. The first-order chi connectivity index (χ1) is 11.8. The van der Waals surface area contributed by atoms with E-state index in [0.29, 0.717) is 0 Å². The van der Waals surface area contributed by atoms with Crippen molar-refractivity contribution < 1.29 is 110 Å². The van der Waals surface area contributed by atoms with Gasteiger partial charge in [0.1, 0.15) is 48.8 Å². The minimum Gasteiger partial charge on any atom is -0.547 e. The van der Waals surface area contributed by atoms with Crippen LogP contribution in [-0.2, 0) is 48.5 Å². The molecule has 16 heteroatoms. The largest absolute Gasteiger partial charge is 2.00 e. The van der Waals surface area contributed by atoms with Gasteiger partial charge in [0.25, 0.3) is 0 Å². The first kappa shape index (κ1) is 35.2. The fourth-order valence-electron chi connectivity index (χ4n) is 1.32. The Bertz CT molecular complexity index is 389. The normalized spacial score (nSPS) is 18.9. The predicted molar refractivity (Wildman–Crippen MR) is 72.2 cm³/mol. The molecule has 0 amide bonds. The SMILES string of the molecule is O=C([O-])[C@H](O)[C@@H](O)[C@H](O)[C@H](O)CO.O=C([O-])[C@H](O)[C@@H](O)[C@H](O)[C@H](O)CO.[Zn+2].[Zn]. The van der Waals surface area contributed by atoms with Gasteiger partial charge in [-0.3, -0.25) is 0 Å². The van der Waals surface area contributed by atoms with Crippen LogP contribution in [0.5, 0.6) is 0 Å². The average molecular weight is 521 g/mol. The molecule has 0 bridgehead atoms. The van der Waals surface area contributed by atoms with Gasteiger partial charge in [0.15, 0.2) is 0 Å². The van der Waals surface area contributed by atoms with Crippen LogP contribution in [0.2, 0.25) is 0 Å². The van der Waals surface area contributed by atoms with Crippen LogP contribution in [0.25, 0.3) is 0 Å². The molecule has 0 fully saturated rings. The third-order valence-electron chi connectivity index (χ3n) is 2.99. The van der Waals surface area contributed by atoms with E-state index in [1.165, 1.54) is 0 Å². The average Bonchev–Trinajstić information content (AvgIpc) is 2.62. The molecule has 0 aromatic carbocycles. The van der Waals surface area contributed by atoms with E-state index in [9.17, 15) is 19.8 Å². The van der Waals surface area contributed by atoms with E-state index in [-0.39, 0.29) is 39.0 Å². The van der Waals surface area contributed by atoms with Gasteiger partial charge in [0, 0.05) is 19.5 Å². The number of carbonyl (C=O) groups excluding carboxylic acids is 2. The maximum atomic E-state index is 9.98. The van der Waals surface area contributed by atoms with Crippen LogP contribution in [0.1, 0.15) is 0 Å². The van der Waals surface area contributed by atoms with Crippen LogP contribution >= 0.6 is 0 Å². The number of carbonyl (C=O) groups is 2.